The molecule has 1 rings (SSSR count). The molecule has 112 valence electrons. The van der Waals surface area contributed by atoms with E-state index in [0.29, 0.717) is 0 Å². The molecule has 0 aliphatic carbocycles. The van der Waals surface area contributed by atoms with Crippen LogP contribution in [0.15, 0.2) is 24.3 Å². The molecular formula is C15H21F2NO2. The number of carbonyl (C=O) groups excluding carboxylic acids is 1. The Morgan fingerprint density at radius 2 is 1.85 bits per heavy atom. The third-order valence-corrected chi connectivity index (χ3v) is 3.01. The van der Waals surface area contributed by atoms with Crippen LogP contribution in [-0.2, 0) is 17.6 Å². The molecule has 0 aliphatic heterocycles. The van der Waals surface area contributed by atoms with Gasteiger partial charge in [-0.2, -0.15) is 0 Å². The van der Waals surface area contributed by atoms with Crippen molar-refractivity contribution in [1.29, 1.82) is 0 Å². The molecule has 20 heavy (non-hydrogen) atoms. The van der Waals surface area contributed by atoms with Crippen molar-refractivity contribution >= 4 is 5.91 Å². The number of unbranched alkanes of at least 4 members (excludes halogenated alkanes) is 1. The Hall–Kier alpha value is -1.49. The van der Waals surface area contributed by atoms with Crippen molar-refractivity contribution in [2.24, 2.45) is 0 Å². The zero-order valence-electron chi connectivity index (χ0n) is 11.6. The monoisotopic (exact) mass is 285 g/mol. The molecule has 1 atom stereocenters. The van der Waals surface area contributed by atoms with E-state index < -0.39 is 19.1 Å². The van der Waals surface area contributed by atoms with E-state index in [0.717, 1.165) is 24.8 Å². The van der Waals surface area contributed by atoms with Crippen molar-refractivity contribution in [3.63, 3.8) is 0 Å². The maximum atomic E-state index is 12.1. The third-order valence-electron chi connectivity index (χ3n) is 3.01. The van der Waals surface area contributed by atoms with E-state index in [2.05, 4.69) is 12.2 Å². The van der Waals surface area contributed by atoms with Crippen LogP contribution in [0, 0.1) is 0 Å². The molecule has 1 aromatic rings. The van der Waals surface area contributed by atoms with Gasteiger partial charge in [0.05, 0.1) is 6.42 Å². The summed E-state index contributed by atoms with van der Waals surface area (Å²) in [7, 11) is 0. The first-order chi connectivity index (χ1) is 9.52. The summed E-state index contributed by atoms with van der Waals surface area (Å²) in [5.74, 6) is -0.369. The van der Waals surface area contributed by atoms with Crippen molar-refractivity contribution in [2.45, 2.75) is 45.1 Å². The number of benzene rings is 1. The van der Waals surface area contributed by atoms with Crippen molar-refractivity contribution < 1.29 is 18.7 Å². The summed E-state index contributed by atoms with van der Waals surface area (Å²) in [4.78, 5) is 11.5. The number of aliphatic hydroxyl groups excluding tert-OH is 1. The minimum absolute atomic E-state index is 0.129. The van der Waals surface area contributed by atoms with Gasteiger partial charge in [0.1, 0.15) is 6.10 Å². The lowest BCUT2D eigenvalue weighted by molar-refractivity contribution is -0.121. The van der Waals surface area contributed by atoms with Gasteiger partial charge >= 0.3 is 0 Å². The molecule has 0 fully saturated rings. The second-order valence-corrected chi connectivity index (χ2v) is 4.80. The standard InChI is InChI=1S/C15H21F2NO2/c1-2-3-4-11-5-7-12(8-6-11)9-14(20)18-10-13(19)15(16)17/h5-8,13,15,19H,2-4,9-10H2,1H3,(H,18,20). The summed E-state index contributed by atoms with van der Waals surface area (Å²) in [6.45, 7) is 1.71. The predicted octanol–water partition coefficient (Wildman–Crippen LogP) is 2.31. The predicted molar refractivity (Wildman–Crippen MR) is 73.8 cm³/mol. The lowest BCUT2D eigenvalue weighted by atomic mass is 10.0. The van der Waals surface area contributed by atoms with Gasteiger partial charge < -0.3 is 10.4 Å². The van der Waals surface area contributed by atoms with Crippen LogP contribution in [0.25, 0.3) is 0 Å². The SMILES string of the molecule is CCCCc1ccc(CC(=O)NCC(O)C(F)F)cc1. The quantitative estimate of drug-likeness (QED) is 0.770. The smallest absolute Gasteiger partial charge is 0.265 e. The van der Waals surface area contributed by atoms with E-state index >= 15 is 0 Å². The van der Waals surface area contributed by atoms with Gasteiger partial charge in [-0.05, 0) is 24.0 Å². The van der Waals surface area contributed by atoms with Crippen molar-refractivity contribution in [3.8, 4) is 0 Å². The normalized spacial score (nSPS) is 12.4. The Kier molecular flexibility index (Phi) is 7.15. The van der Waals surface area contributed by atoms with Gasteiger partial charge in [0.15, 0.2) is 0 Å². The first-order valence-electron chi connectivity index (χ1n) is 6.83. The molecule has 0 aliphatic rings. The van der Waals surface area contributed by atoms with E-state index in [9.17, 15) is 13.6 Å². The second-order valence-electron chi connectivity index (χ2n) is 4.80. The Morgan fingerprint density at radius 1 is 1.25 bits per heavy atom. The van der Waals surface area contributed by atoms with Crippen molar-refractivity contribution in [1.82, 2.24) is 5.32 Å². The summed E-state index contributed by atoms with van der Waals surface area (Å²) >= 11 is 0. The van der Waals surface area contributed by atoms with Crippen molar-refractivity contribution in [3.05, 3.63) is 35.4 Å². The zero-order valence-corrected chi connectivity index (χ0v) is 11.6. The lowest BCUT2D eigenvalue weighted by Gasteiger charge is -2.10. The van der Waals surface area contributed by atoms with Gasteiger partial charge in [-0.15, -0.1) is 0 Å². The number of halogens is 2. The fourth-order valence-corrected chi connectivity index (χ4v) is 1.76. The first kappa shape index (κ1) is 16.6. The molecule has 0 saturated heterocycles. The summed E-state index contributed by atoms with van der Waals surface area (Å²) in [6.07, 6.45) is -1.24. The number of hydrogen-bond donors (Lipinski definition) is 2. The van der Waals surface area contributed by atoms with Crippen LogP contribution in [0.2, 0.25) is 0 Å². The maximum Gasteiger partial charge on any atom is 0.265 e. The van der Waals surface area contributed by atoms with Crippen LogP contribution in [0.5, 0.6) is 0 Å². The van der Waals surface area contributed by atoms with Crippen LogP contribution in [-0.4, -0.2) is 30.1 Å². The summed E-state index contributed by atoms with van der Waals surface area (Å²) in [6, 6.07) is 7.70. The molecular weight excluding hydrogens is 264 g/mol. The van der Waals surface area contributed by atoms with Crippen LogP contribution in [0.1, 0.15) is 30.9 Å². The third kappa shape index (κ3) is 6.10. The van der Waals surface area contributed by atoms with E-state index in [1.165, 1.54) is 5.56 Å². The van der Waals surface area contributed by atoms with Gasteiger partial charge in [0, 0.05) is 6.54 Å². The summed E-state index contributed by atoms with van der Waals surface area (Å²) in [5, 5.41) is 11.2. The number of aliphatic hydroxyl groups is 1. The molecule has 1 amide bonds. The molecule has 0 radical (unpaired) electrons. The molecule has 5 heteroatoms. The molecule has 0 bridgehead atoms. The highest BCUT2D eigenvalue weighted by molar-refractivity contribution is 5.78. The Balaban J connectivity index is 2.38. The number of nitrogens with one attached hydrogen (secondary N) is 1. The van der Waals surface area contributed by atoms with Gasteiger partial charge in [0.25, 0.3) is 6.43 Å². The van der Waals surface area contributed by atoms with Crippen LogP contribution in [0.4, 0.5) is 8.78 Å². The van der Waals surface area contributed by atoms with E-state index in [-0.39, 0.29) is 12.3 Å². The minimum atomic E-state index is -2.84. The molecule has 0 heterocycles. The van der Waals surface area contributed by atoms with Crippen LogP contribution >= 0.6 is 0 Å². The maximum absolute atomic E-state index is 12.1. The molecule has 0 saturated carbocycles. The number of hydrogen-bond acceptors (Lipinski definition) is 2. The highest BCUT2D eigenvalue weighted by atomic mass is 19.3. The van der Waals surface area contributed by atoms with Gasteiger partial charge in [0.2, 0.25) is 5.91 Å². The summed E-state index contributed by atoms with van der Waals surface area (Å²) < 4.78 is 24.1. The Morgan fingerprint density at radius 3 is 2.40 bits per heavy atom. The molecule has 1 unspecified atom stereocenters. The second kappa shape index (κ2) is 8.64. The van der Waals surface area contributed by atoms with Crippen LogP contribution in [0.3, 0.4) is 0 Å². The van der Waals surface area contributed by atoms with Crippen molar-refractivity contribution in [2.75, 3.05) is 6.54 Å². The average Bonchev–Trinajstić information content (AvgIpc) is 2.44. The Bertz CT molecular complexity index is 407. The minimum Gasteiger partial charge on any atom is -0.385 e. The summed E-state index contributed by atoms with van der Waals surface area (Å²) in [5.41, 5.74) is 2.05. The van der Waals surface area contributed by atoms with Gasteiger partial charge in [-0.3, -0.25) is 4.79 Å². The molecule has 0 aromatic heterocycles. The zero-order chi connectivity index (χ0) is 15.0. The molecule has 3 nitrogen and oxygen atoms in total. The number of rotatable bonds is 8. The van der Waals surface area contributed by atoms with E-state index in [4.69, 9.17) is 5.11 Å². The average molecular weight is 285 g/mol. The number of carbonyl (C=O) groups is 1. The van der Waals surface area contributed by atoms with Gasteiger partial charge in [-0.25, -0.2) is 8.78 Å². The highest BCUT2D eigenvalue weighted by Crippen LogP contribution is 2.08. The van der Waals surface area contributed by atoms with E-state index in [1.807, 2.05) is 24.3 Å². The van der Waals surface area contributed by atoms with Crippen LogP contribution < -0.4 is 5.32 Å². The van der Waals surface area contributed by atoms with Gasteiger partial charge in [-0.1, -0.05) is 37.6 Å². The van der Waals surface area contributed by atoms with E-state index in [1.54, 1.807) is 0 Å². The topological polar surface area (TPSA) is 49.3 Å². The first-order valence-corrected chi connectivity index (χ1v) is 6.83. The molecule has 0 spiro atoms. The fraction of sp³-hybridized carbons (Fsp3) is 0.533. The number of amides is 1. The largest absolute Gasteiger partial charge is 0.385 e. The highest BCUT2D eigenvalue weighted by Gasteiger charge is 2.17. The molecule has 2 N–H and O–H groups in total. The lowest BCUT2D eigenvalue weighted by Crippen LogP contribution is -2.36. The Labute approximate surface area is 118 Å². The number of aryl methyl sites for hydroxylation is 1. The number of alkyl halides is 2. The fourth-order valence-electron chi connectivity index (χ4n) is 1.76. The molecule has 1 aromatic carbocycles.